The van der Waals surface area contributed by atoms with Crippen LogP contribution >= 0.6 is 7.60 Å². The molecule has 1 aromatic carbocycles. The Morgan fingerprint density at radius 2 is 1.75 bits per heavy atom. The summed E-state index contributed by atoms with van der Waals surface area (Å²) in [7, 11) is -3.24. The lowest BCUT2D eigenvalue weighted by Gasteiger charge is -2.09. The zero-order valence-electron chi connectivity index (χ0n) is 12.0. The van der Waals surface area contributed by atoms with Crippen LogP contribution in [0.2, 0.25) is 0 Å². The van der Waals surface area contributed by atoms with Gasteiger partial charge in [0.2, 0.25) is 0 Å². The number of rotatable bonds is 8. The van der Waals surface area contributed by atoms with E-state index in [-0.39, 0.29) is 0 Å². The van der Waals surface area contributed by atoms with Crippen molar-refractivity contribution >= 4 is 7.60 Å². The Morgan fingerprint density at radius 1 is 1.10 bits per heavy atom. The molecule has 0 saturated carbocycles. The van der Waals surface area contributed by atoms with E-state index in [1.165, 1.54) is 0 Å². The molecule has 0 spiro atoms. The molecule has 0 aliphatic carbocycles. The summed E-state index contributed by atoms with van der Waals surface area (Å²) >= 11 is 0. The van der Waals surface area contributed by atoms with Crippen LogP contribution in [0.15, 0.2) is 30.3 Å². The van der Waals surface area contributed by atoms with Crippen molar-refractivity contribution < 1.29 is 18.3 Å². The van der Waals surface area contributed by atoms with Gasteiger partial charge in [0.25, 0.3) is 0 Å². The Bertz CT molecular complexity index is 466. The molecule has 0 bridgehead atoms. The van der Waals surface area contributed by atoms with Crippen LogP contribution in [0.5, 0.6) is 0 Å². The summed E-state index contributed by atoms with van der Waals surface area (Å²) < 4.78 is 27.6. The summed E-state index contributed by atoms with van der Waals surface area (Å²) in [6.07, 6.45) is 0.497. The maximum atomic E-state index is 12.0. The summed E-state index contributed by atoms with van der Waals surface area (Å²) in [5, 5.41) is 0. The number of ether oxygens (including phenoxy) is 1. The average molecular weight is 296 g/mol. The second-order valence-corrected chi connectivity index (χ2v) is 5.64. The fourth-order valence-corrected chi connectivity index (χ4v) is 2.67. The van der Waals surface area contributed by atoms with Crippen LogP contribution in [0.3, 0.4) is 0 Å². The summed E-state index contributed by atoms with van der Waals surface area (Å²) in [6, 6.07) is 9.92. The third-order valence-electron chi connectivity index (χ3n) is 2.30. The Labute approximate surface area is 121 Å². The standard InChI is InChI=1S/C15H21O4P/c1-3-18-20(16,19-4-2)13-9-8-12-17-14-15-10-6-5-7-11-15/h5-7,10-11H,3-4,8,12,14H2,1-2H3. The van der Waals surface area contributed by atoms with E-state index in [2.05, 4.69) is 11.6 Å². The van der Waals surface area contributed by atoms with Crippen molar-refractivity contribution in [3.63, 3.8) is 0 Å². The molecule has 0 fully saturated rings. The number of hydrogen-bond acceptors (Lipinski definition) is 4. The lowest BCUT2D eigenvalue weighted by atomic mass is 10.2. The van der Waals surface area contributed by atoms with Crippen molar-refractivity contribution in [3.8, 4) is 11.6 Å². The quantitative estimate of drug-likeness (QED) is 0.415. The Hall–Kier alpha value is -1.11. The second-order valence-electron chi connectivity index (χ2n) is 3.91. The Kier molecular flexibility index (Phi) is 8.25. The molecule has 1 rings (SSSR count). The smallest absolute Gasteiger partial charge is 0.376 e. The van der Waals surface area contributed by atoms with Gasteiger partial charge in [0.15, 0.2) is 0 Å². The maximum Gasteiger partial charge on any atom is 0.405 e. The van der Waals surface area contributed by atoms with Crippen molar-refractivity contribution in [1.82, 2.24) is 0 Å². The molecule has 0 heterocycles. The molecule has 0 aliphatic heterocycles. The molecule has 0 saturated heterocycles. The highest BCUT2D eigenvalue weighted by Gasteiger charge is 2.19. The molecule has 1 aromatic rings. The predicted octanol–water partition coefficient (Wildman–Crippen LogP) is 3.82. The summed E-state index contributed by atoms with van der Waals surface area (Å²) in [5.41, 5.74) is 3.70. The van der Waals surface area contributed by atoms with Crippen LogP contribution < -0.4 is 0 Å². The molecule has 0 atom stereocenters. The molecule has 0 aliphatic rings. The minimum absolute atomic E-state index is 0.316. The van der Waals surface area contributed by atoms with Gasteiger partial charge in [0.1, 0.15) is 0 Å². The van der Waals surface area contributed by atoms with Crippen LogP contribution in [0.1, 0.15) is 25.8 Å². The van der Waals surface area contributed by atoms with E-state index in [4.69, 9.17) is 13.8 Å². The monoisotopic (exact) mass is 296 g/mol. The molecule has 110 valence electrons. The van der Waals surface area contributed by atoms with Crippen molar-refractivity contribution in [2.45, 2.75) is 26.9 Å². The Morgan fingerprint density at radius 3 is 2.35 bits per heavy atom. The summed E-state index contributed by atoms with van der Waals surface area (Å²) in [4.78, 5) is 0. The van der Waals surface area contributed by atoms with E-state index < -0.39 is 7.60 Å². The highest BCUT2D eigenvalue weighted by Crippen LogP contribution is 2.46. The van der Waals surface area contributed by atoms with Gasteiger partial charge in [0, 0.05) is 12.1 Å². The van der Waals surface area contributed by atoms with E-state index in [0.29, 0.717) is 32.8 Å². The van der Waals surface area contributed by atoms with Gasteiger partial charge in [-0.05, 0) is 19.4 Å². The molecular formula is C15H21O4P. The maximum absolute atomic E-state index is 12.0. The SMILES string of the molecule is CCOP(=O)(C#CCCOCc1ccccc1)OCC. The normalized spacial score (nSPS) is 10.9. The first-order valence-electron chi connectivity index (χ1n) is 6.71. The minimum atomic E-state index is -3.24. The average Bonchev–Trinajstić information content (AvgIpc) is 2.44. The molecule has 4 nitrogen and oxygen atoms in total. The van der Waals surface area contributed by atoms with Gasteiger partial charge in [-0.15, -0.1) is 0 Å². The van der Waals surface area contributed by atoms with Crippen molar-refractivity contribution in [2.75, 3.05) is 19.8 Å². The van der Waals surface area contributed by atoms with Gasteiger partial charge in [-0.3, -0.25) is 9.05 Å². The van der Waals surface area contributed by atoms with Gasteiger partial charge in [-0.1, -0.05) is 36.3 Å². The lowest BCUT2D eigenvalue weighted by molar-refractivity contribution is 0.126. The molecule has 20 heavy (non-hydrogen) atoms. The fraction of sp³-hybridized carbons (Fsp3) is 0.467. The Balaban J connectivity index is 2.29. The molecule has 0 unspecified atom stereocenters. The number of hydrogen-bond donors (Lipinski definition) is 0. The van der Waals surface area contributed by atoms with Gasteiger partial charge < -0.3 is 4.74 Å². The minimum Gasteiger partial charge on any atom is -0.376 e. The van der Waals surface area contributed by atoms with E-state index in [9.17, 15) is 4.57 Å². The first-order chi connectivity index (χ1) is 9.70. The van der Waals surface area contributed by atoms with Gasteiger partial charge in [-0.2, -0.15) is 0 Å². The highest BCUT2D eigenvalue weighted by atomic mass is 31.2. The van der Waals surface area contributed by atoms with Crippen molar-refractivity contribution in [1.29, 1.82) is 0 Å². The van der Waals surface area contributed by atoms with Crippen LogP contribution in [-0.4, -0.2) is 19.8 Å². The van der Waals surface area contributed by atoms with Gasteiger partial charge in [0.05, 0.1) is 26.4 Å². The van der Waals surface area contributed by atoms with Crippen LogP contribution in [0, 0.1) is 11.6 Å². The molecule has 5 heteroatoms. The summed E-state index contributed by atoms with van der Waals surface area (Å²) in [5.74, 6) is 2.79. The van der Waals surface area contributed by atoms with Gasteiger partial charge in [-0.25, -0.2) is 4.57 Å². The largest absolute Gasteiger partial charge is 0.405 e. The highest BCUT2D eigenvalue weighted by molar-refractivity contribution is 7.59. The molecule has 0 N–H and O–H groups in total. The van der Waals surface area contributed by atoms with E-state index in [1.54, 1.807) is 13.8 Å². The third kappa shape index (κ3) is 6.88. The van der Waals surface area contributed by atoms with Crippen LogP contribution in [0.4, 0.5) is 0 Å². The molecule has 0 aromatic heterocycles. The summed E-state index contributed by atoms with van der Waals surface area (Å²) in [6.45, 7) is 5.19. The van der Waals surface area contributed by atoms with Gasteiger partial charge >= 0.3 is 7.60 Å². The fourth-order valence-electron chi connectivity index (χ4n) is 1.48. The van der Waals surface area contributed by atoms with E-state index >= 15 is 0 Å². The first-order valence-corrected chi connectivity index (χ1v) is 8.25. The van der Waals surface area contributed by atoms with Crippen LogP contribution in [0.25, 0.3) is 0 Å². The first kappa shape index (κ1) is 16.9. The number of benzene rings is 1. The van der Waals surface area contributed by atoms with E-state index in [1.807, 2.05) is 30.3 Å². The predicted molar refractivity (Wildman–Crippen MR) is 79.3 cm³/mol. The lowest BCUT2D eigenvalue weighted by Crippen LogP contribution is -1.95. The topological polar surface area (TPSA) is 44.8 Å². The molecule has 0 amide bonds. The van der Waals surface area contributed by atoms with Crippen molar-refractivity contribution in [2.24, 2.45) is 0 Å². The zero-order valence-corrected chi connectivity index (χ0v) is 12.9. The van der Waals surface area contributed by atoms with E-state index in [0.717, 1.165) is 5.56 Å². The molecular weight excluding hydrogens is 275 g/mol. The van der Waals surface area contributed by atoms with Crippen LogP contribution in [-0.2, 0) is 25.0 Å². The third-order valence-corrected chi connectivity index (χ3v) is 3.93. The van der Waals surface area contributed by atoms with Crippen molar-refractivity contribution in [3.05, 3.63) is 35.9 Å². The molecule has 0 radical (unpaired) electrons. The second kappa shape index (κ2) is 9.74. The zero-order chi connectivity index (χ0) is 14.7.